The molecule has 1 saturated carbocycles. The molecule has 1 aromatic carbocycles. The van der Waals surface area contributed by atoms with Crippen LogP contribution in [0.4, 0.5) is 0 Å². The standard InChI is InChI=1S/C12H11NO3/c1-16-9-4-2-3-8(7-13)10(9)12(5-6-12)11(14)15/h2-4H,5-6H2,1H3,(H,14,15). The summed E-state index contributed by atoms with van der Waals surface area (Å²) in [6, 6.07) is 7.04. The first-order valence-corrected chi connectivity index (χ1v) is 4.96. The molecular formula is C12H11NO3. The van der Waals surface area contributed by atoms with Crippen molar-refractivity contribution < 1.29 is 14.6 Å². The van der Waals surface area contributed by atoms with E-state index >= 15 is 0 Å². The number of ether oxygens (including phenoxy) is 1. The molecule has 0 aliphatic heterocycles. The lowest BCUT2D eigenvalue weighted by Gasteiger charge is -2.15. The number of benzene rings is 1. The zero-order valence-corrected chi connectivity index (χ0v) is 8.86. The van der Waals surface area contributed by atoms with Crippen LogP contribution in [0.3, 0.4) is 0 Å². The predicted octanol–water partition coefficient (Wildman–Crippen LogP) is 1.68. The van der Waals surface area contributed by atoms with E-state index < -0.39 is 11.4 Å². The van der Waals surface area contributed by atoms with Gasteiger partial charge in [0, 0.05) is 5.56 Å². The van der Waals surface area contributed by atoms with Gasteiger partial charge in [-0.3, -0.25) is 4.79 Å². The Morgan fingerprint density at radius 3 is 2.69 bits per heavy atom. The van der Waals surface area contributed by atoms with E-state index in [9.17, 15) is 9.90 Å². The first-order chi connectivity index (χ1) is 7.65. The number of aliphatic carboxylic acids is 1. The molecule has 4 nitrogen and oxygen atoms in total. The lowest BCUT2D eigenvalue weighted by Crippen LogP contribution is -2.21. The summed E-state index contributed by atoms with van der Waals surface area (Å²) in [4.78, 5) is 11.3. The van der Waals surface area contributed by atoms with E-state index in [-0.39, 0.29) is 0 Å². The van der Waals surface area contributed by atoms with Crippen molar-refractivity contribution in [1.82, 2.24) is 0 Å². The van der Waals surface area contributed by atoms with Crippen molar-refractivity contribution in [2.24, 2.45) is 0 Å². The topological polar surface area (TPSA) is 70.3 Å². The summed E-state index contributed by atoms with van der Waals surface area (Å²) in [6.07, 6.45) is 1.13. The maximum absolute atomic E-state index is 11.3. The molecule has 0 heterocycles. The van der Waals surface area contributed by atoms with Crippen molar-refractivity contribution >= 4 is 5.97 Å². The normalized spacial score (nSPS) is 16.2. The number of carboxylic acid groups (broad SMARTS) is 1. The van der Waals surface area contributed by atoms with E-state index in [2.05, 4.69) is 0 Å². The number of hydrogen-bond acceptors (Lipinski definition) is 3. The highest BCUT2D eigenvalue weighted by molar-refractivity contribution is 5.87. The quantitative estimate of drug-likeness (QED) is 0.836. The van der Waals surface area contributed by atoms with Crippen LogP contribution in [-0.4, -0.2) is 18.2 Å². The fourth-order valence-corrected chi connectivity index (χ4v) is 1.98. The van der Waals surface area contributed by atoms with Gasteiger partial charge in [0.1, 0.15) is 5.75 Å². The minimum absolute atomic E-state index is 0.388. The van der Waals surface area contributed by atoms with E-state index in [1.165, 1.54) is 7.11 Å². The van der Waals surface area contributed by atoms with Gasteiger partial charge in [-0.2, -0.15) is 5.26 Å². The average Bonchev–Trinajstić information content (AvgIpc) is 3.09. The van der Waals surface area contributed by atoms with Gasteiger partial charge in [0.2, 0.25) is 0 Å². The zero-order valence-electron chi connectivity index (χ0n) is 8.86. The predicted molar refractivity (Wildman–Crippen MR) is 56.3 cm³/mol. The Bertz CT molecular complexity index is 484. The van der Waals surface area contributed by atoms with Crippen LogP contribution in [0.2, 0.25) is 0 Å². The lowest BCUT2D eigenvalue weighted by atomic mass is 9.91. The molecule has 1 N–H and O–H groups in total. The Morgan fingerprint density at radius 2 is 2.25 bits per heavy atom. The van der Waals surface area contributed by atoms with Gasteiger partial charge in [-0.1, -0.05) is 6.07 Å². The molecule has 1 aliphatic carbocycles. The van der Waals surface area contributed by atoms with Crippen LogP contribution < -0.4 is 4.74 Å². The Kier molecular flexibility index (Phi) is 2.31. The Labute approximate surface area is 93.1 Å². The third kappa shape index (κ3) is 1.33. The monoisotopic (exact) mass is 217 g/mol. The van der Waals surface area contributed by atoms with Gasteiger partial charge in [-0.25, -0.2) is 0 Å². The summed E-state index contributed by atoms with van der Waals surface area (Å²) in [5, 5.41) is 18.2. The van der Waals surface area contributed by atoms with E-state index in [4.69, 9.17) is 10.00 Å². The highest BCUT2D eigenvalue weighted by atomic mass is 16.5. The molecule has 0 radical (unpaired) electrons. The van der Waals surface area contributed by atoms with Crippen LogP contribution >= 0.6 is 0 Å². The average molecular weight is 217 g/mol. The van der Waals surface area contributed by atoms with E-state index in [0.29, 0.717) is 29.7 Å². The fraction of sp³-hybridized carbons (Fsp3) is 0.333. The number of carbonyl (C=O) groups is 1. The summed E-state index contributed by atoms with van der Waals surface area (Å²) in [5.41, 5.74) is 0.00394. The van der Waals surface area contributed by atoms with Crippen molar-refractivity contribution in [3.63, 3.8) is 0 Å². The van der Waals surface area contributed by atoms with Crippen molar-refractivity contribution in [2.75, 3.05) is 7.11 Å². The summed E-state index contributed by atoms with van der Waals surface area (Å²) >= 11 is 0. The molecule has 1 fully saturated rings. The molecule has 82 valence electrons. The first-order valence-electron chi connectivity index (χ1n) is 4.96. The van der Waals surface area contributed by atoms with Gasteiger partial charge < -0.3 is 9.84 Å². The van der Waals surface area contributed by atoms with Crippen LogP contribution in [0, 0.1) is 11.3 Å². The zero-order chi connectivity index (χ0) is 11.8. The van der Waals surface area contributed by atoms with Crippen LogP contribution in [-0.2, 0) is 10.2 Å². The SMILES string of the molecule is COc1cccc(C#N)c1C1(C(=O)O)CC1. The molecular weight excluding hydrogens is 206 g/mol. The number of hydrogen-bond donors (Lipinski definition) is 1. The second kappa shape index (κ2) is 3.53. The van der Waals surface area contributed by atoms with E-state index in [1.807, 2.05) is 6.07 Å². The van der Waals surface area contributed by atoms with Crippen molar-refractivity contribution in [3.05, 3.63) is 29.3 Å². The molecule has 0 spiro atoms. The Morgan fingerprint density at radius 1 is 1.56 bits per heavy atom. The summed E-state index contributed by atoms with van der Waals surface area (Å²) in [7, 11) is 1.48. The third-order valence-corrected chi connectivity index (χ3v) is 3.00. The molecule has 1 aliphatic rings. The molecule has 0 unspecified atom stereocenters. The lowest BCUT2D eigenvalue weighted by molar-refractivity contribution is -0.140. The highest BCUT2D eigenvalue weighted by Gasteiger charge is 2.54. The minimum Gasteiger partial charge on any atom is -0.496 e. The van der Waals surface area contributed by atoms with Gasteiger partial charge in [0.25, 0.3) is 0 Å². The third-order valence-electron chi connectivity index (χ3n) is 3.00. The maximum atomic E-state index is 11.3. The van der Waals surface area contributed by atoms with E-state index in [1.54, 1.807) is 18.2 Å². The van der Waals surface area contributed by atoms with Crippen molar-refractivity contribution in [3.8, 4) is 11.8 Å². The summed E-state index contributed by atoms with van der Waals surface area (Å²) < 4.78 is 5.15. The Balaban J connectivity index is 2.63. The second-order valence-corrected chi connectivity index (χ2v) is 3.88. The van der Waals surface area contributed by atoms with Gasteiger partial charge in [0.15, 0.2) is 0 Å². The largest absolute Gasteiger partial charge is 0.496 e. The summed E-state index contributed by atoms with van der Waals surface area (Å²) in [5.74, 6) is -0.396. The fourth-order valence-electron chi connectivity index (χ4n) is 1.98. The molecule has 16 heavy (non-hydrogen) atoms. The molecule has 0 saturated heterocycles. The highest BCUT2D eigenvalue weighted by Crippen LogP contribution is 2.52. The molecule has 0 bridgehead atoms. The minimum atomic E-state index is -0.905. The smallest absolute Gasteiger partial charge is 0.314 e. The van der Waals surface area contributed by atoms with Gasteiger partial charge in [-0.15, -0.1) is 0 Å². The molecule has 0 aromatic heterocycles. The van der Waals surface area contributed by atoms with E-state index in [0.717, 1.165) is 0 Å². The van der Waals surface area contributed by atoms with Crippen LogP contribution in [0.5, 0.6) is 5.75 Å². The number of nitrogens with zero attached hydrogens (tertiary/aromatic N) is 1. The van der Waals surface area contributed by atoms with Crippen molar-refractivity contribution in [2.45, 2.75) is 18.3 Å². The molecule has 4 heteroatoms. The second-order valence-electron chi connectivity index (χ2n) is 3.88. The number of nitriles is 1. The van der Waals surface area contributed by atoms with Crippen LogP contribution in [0.1, 0.15) is 24.0 Å². The molecule has 1 aromatic rings. The number of carboxylic acids is 1. The van der Waals surface area contributed by atoms with Gasteiger partial charge in [0.05, 0.1) is 24.2 Å². The summed E-state index contributed by atoms with van der Waals surface area (Å²) in [6.45, 7) is 0. The van der Waals surface area contributed by atoms with Crippen LogP contribution in [0.15, 0.2) is 18.2 Å². The Hall–Kier alpha value is -2.02. The molecule has 2 rings (SSSR count). The van der Waals surface area contributed by atoms with Gasteiger partial charge >= 0.3 is 5.97 Å². The number of methoxy groups -OCH3 is 1. The van der Waals surface area contributed by atoms with Crippen LogP contribution in [0.25, 0.3) is 0 Å². The van der Waals surface area contributed by atoms with Gasteiger partial charge in [-0.05, 0) is 25.0 Å². The first kappa shape index (κ1) is 10.5. The molecule has 0 atom stereocenters. The maximum Gasteiger partial charge on any atom is 0.314 e. The van der Waals surface area contributed by atoms with Crippen molar-refractivity contribution in [1.29, 1.82) is 5.26 Å². The number of rotatable bonds is 3. The molecule has 0 amide bonds.